The first kappa shape index (κ1) is 45.0. The minimum absolute atomic E-state index is 0.0484. The largest absolute Gasteiger partial charge is 0.464 e. The van der Waals surface area contributed by atoms with Gasteiger partial charge in [0, 0.05) is 55.1 Å². The summed E-state index contributed by atoms with van der Waals surface area (Å²) in [5.41, 5.74) is 5.28. The normalized spacial score (nSPS) is 11.7. The Morgan fingerprint density at radius 2 is 1.49 bits per heavy atom. The molecule has 0 fully saturated rings. The average Bonchev–Trinajstić information content (AvgIpc) is 3.58. The van der Waals surface area contributed by atoms with E-state index in [4.69, 9.17) is 29.0 Å². The van der Waals surface area contributed by atoms with E-state index in [-0.39, 0.29) is 50.6 Å². The van der Waals surface area contributed by atoms with Crippen molar-refractivity contribution in [1.29, 1.82) is 0 Å². The van der Waals surface area contributed by atoms with E-state index in [9.17, 15) is 9.59 Å². The molecule has 3 N–H and O–H groups in total. The van der Waals surface area contributed by atoms with Crippen LogP contribution < -0.4 is 20.7 Å². The Kier molecular flexibility index (Phi) is 15.8. The number of benzene rings is 3. The van der Waals surface area contributed by atoms with Gasteiger partial charge in [0.2, 0.25) is 0 Å². The molecule has 2 aromatic heterocycles. The zero-order chi connectivity index (χ0) is 42.6. The molecule has 12 nitrogen and oxygen atoms in total. The maximum absolute atomic E-state index is 15.8. The third-order valence-corrected chi connectivity index (χ3v) is 13.1. The van der Waals surface area contributed by atoms with Crippen molar-refractivity contribution in [1.82, 2.24) is 25.4 Å². The number of alkyl carbamates (subject to hydrolysis) is 1. The number of aryl methyl sites for hydroxylation is 1. The van der Waals surface area contributed by atoms with Gasteiger partial charge in [0.15, 0.2) is 24.1 Å². The fraction of sp³-hybridized carbons (Fsp3) is 0.409. The fourth-order valence-electron chi connectivity index (χ4n) is 6.17. The number of aromatic nitrogens is 3. The second kappa shape index (κ2) is 20.7. The molecule has 0 aliphatic carbocycles. The van der Waals surface area contributed by atoms with Gasteiger partial charge < -0.3 is 34.9 Å². The Balaban J connectivity index is 1.47. The van der Waals surface area contributed by atoms with E-state index in [2.05, 4.69) is 55.2 Å². The summed E-state index contributed by atoms with van der Waals surface area (Å²) in [6, 6.07) is 24.1. The molecule has 0 saturated heterocycles. The van der Waals surface area contributed by atoms with Gasteiger partial charge in [0.05, 0.1) is 16.6 Å². The Morgan fingerprint density at radius 1 is 0.831 bits per heavy atom. The number of pyridine rings is 1. The second-order valence-electron chi connectivity index (χ2n) is 16.8. The molecule has 0 radical (unpaired) electrons. The molecular weight excluding hydrogens is 784 g/mol. The molecule has 0 saturated carbocycles. The molecule has 3 aromatic carbocycles. The van der Waals surface area contributed by atoms with Gasteiger partial charge in [-0.05, 0) is 59.0 Å². The van der Waals surface area contributed by atoms with Crippen LogP contribution in [0.5, 0.6) is 5.75 Å². The summed E-state index contributed by atoms with van der Waals surface area (Å²) in [6.07, 6.45) is 0.0362. The molecule has 316 valence electrons. The van der Waals surface area contributed by atoms with E-state index in [1.54, 1.807) is 17.8 Å². The molecule has 59 heavy (non-hydrogen) atoms. The maximum Gasteiger partial charge on any atom is 0.407 e. The van der Waals surface area contributed by atoms with Gasteiger partial charge >= 0.3 is 6.09 Å². The molecule has 15 heteroatoms. The summed E-state index contributed by atoms with van der Waals surface area (Å²) in [6.45, 7) is 17.5. The summed E-state index contributed by atoms with van der Waals surface area (Å²) in [5.74, 6) is -0.440. The van der Waals surface area contributed by atoms with Gasteiger partial charge in [-0.3, -0.25) is 4.79 Å². The SMILES string of the molecule is CCc1cc(OCOCC[Si](C)(C)C)c(F)cc1-c1cc2c(c(NCc3ccccc3CNC(=O)OCc3ccccc3)n1)c(C(=O)NC)nn2COCC[Si](C)(C)C. The van der Waals surface area contributed by atoms with Crippen LogP contribution in [0.1, 0.15) is 39.7 Å². The number of nitrogens with zero attached hydrogens (tertiary/aromatic N) is 3. The van der Waals surface area contributed by atoms with E-state index >= 15 is 4.39 Å². The first-order valence-electron chi connectivity index (χ1n) is 20.2. The standard InChI is InChI=1S/C44H59FN6O6Si2/c1-9-32-23-39(57-30-55-20-22-59(6,7)8)36(45)24-35(32)37-25-38-40(41(43(52)46-2)50-51(38)29-54-19-21-58(3,4)5)42(49-37)47-26-33-17-13-14-18-34(33)27-48-44(53)56-28-31-15-11-10-12-16-31/h10-18,23-25H,9,19-22,26-30H2,1-8H3,(H,46,52)(H,47,49)(H,48,53). The lowest BCUT2D eigenvalue weighted by Crippen LogP contribution is -2.24. The van der Waals surface area contributed by atoms with Crippen molar-refractivity contribution in [2.45, 2.75) is 91.1 Å². The number of carbonyl (C=O) groups is 2. The number of carbonyl (C=O) groups excluding carboxylic acids is 2. The molecule has 5 rings (SSSR count). The molecule has 0 unspecified atom stereocenters. The van der Waals surface area contributed by atoms with Crippen molar-refractivity contribution in [3.63, 3.8) is 0 Å². The average molecular weight is 843 g/mol. The van der Waals surface area contributed by atoms with Gasteiger partial charge in [0.1, 0.15) is 19.2 Å². The van der Waals surface area contributed by atoms with E-state index in [1.165, 1.54) is 6.07 Å². The molecule has 5 aromatic rings. The van der Waals surface area contributed by atoms with E-state index in [0.717, 1.165) is 34.3 Å². The van der Waals surface area contributed by atoms with Crippen molar-refractivity contribution in [3.05, 3.63) is 107 Å². The first-order valence-corrected chi connectivity index (χ1v) is 27.6. The summed E-state index contributed by atoms with van der Waals surface area (Å²) in [5, 5.41) is 14.3. The summed E-state index contributed by atoms with van der Waals surface area (Å²) < 4.78 is 40.5. The number of fused-ring (bicyclic) bond motifs is 1. The minimum Gasteiger partial charge on any atom is -0.464 e. The summed E-state index contributed by atoms with van der Waals surface area (Å²) in [4.78, 5) is 31.1. The van der Waals surface area contributed by atoms with Gasteiger partial charge in [-0.25, -0.2) is 18.9 Å². The number of ether oxygens (including phenoxy) is 4. The maximum atomic E-state index is 15.8. The minimum atomic E-state index is -1.37. The molecule has 0 bridgehead atoms. The lowest BCUT2D eigenvalue weighted by Gasteiger charge is -2.17. The molecule has 2 heterocycles. The third kappa shape index (κ3) is 13.2. The van der Waals surface area contributed by atoms with Crippen LogP contribution in [0.25, 0.3) is 22.2 Å². The number of rotatable bonds is 21. The van der Waals surface area contributed by atoms with Crippen LogP contribution >= 0.6 is 0 Å². The lowest BCUT2D eigenvalue weighted by molar-refractivity contribution is 0.0197. The third-order valence-electron chi connectivity index (χ3n) is 9.70. The van der Waals surface area contributed by atoms with Gasteiger partial charge in [0.25, 0.3) is 5.91 Å². The van der Waals surface area contributed by atoms with Crippen molar-refractivity contribution in [3.8, 4) is 17.0 Å². The Bertz CT molecular complexity index is 2190. The predicted octanol–water partition coefficient (Wildman–Crippen LogP) is 9.20. The van der Waals surface area contributed by atoms with Crippen LogP contribution in [-0.2, 0) is 47.1 Å². The van der Waals surface area contributed by atoms with Crippen LogP contribution in [0.2, 0.25) is 51.4 Å². The monoisotopic (exact) mass is 842 g/mol. The van der Waals surface area contributed by atoms with E-state index in [0.29, 0.717) is 47.6 Å². The highest BCUT2D eigenvalue weighted by atomic mass is 28.3. The first-order chi connectivity index (χ1) is 28.2. The Morgan fingerprint density at radius 3 is 2.15 bits per heavy atom. The predicted molar refractivity (Wildman–Crippen MR) is 237 cm³/mol. The fourth-order valence-corrected chi connectivity index (χ4v) is 7.68. The van der Waals surface area contributed by atoms with Gasteiger partial charge in [-0.15, -0.1) is 0 Å². The zero-order valence-corrected chi connectivity index (χ0v) is 37.7. The zero-order valence-electron chi connectivity index (χ0n) is 35.7. The summed E-state index contributed by atoms with van der Waals surface area (Å²) in [7, 11) is -1.10. The molecule has 0 aliphatic rings. The van der Waals surface area contributed by atoms with Crippen molar-refractivity contribution in [2.24, 2.45) is 0 Å². The highest BCUT2D eigenvalue weighted by Gasteiger charge is 2.24. The van der Waals surface area contributed by atoms with Crippen molar-refractivity contribution >= 4 is 44.9 Å². The number of nitrogens with one attached hydrogen (secondary N) is 3. The van der Waals surface area contributed by atoms with Crippen LogP contribution in [0.15, 0.2) is 72.8 Å². The molecular formula is C44H59FN6O6Si2. The Labute approximate surface area is 349 Å². The highest BCUT2D eigenvalue weighted by molar-refractivity contribution is 6.76. The number of halogens is 1. The smallest absolute Gasteiger partial charge is 0.407 e. The quantitative estimate of drug-likeness (QED) is 0.0375. The van der Waals surface area contributed by atoms with Crippen LogP contribution in [0.3, 0.4) is 0 Å². The van der Waals surface area contributed by atoms with E-state index in [1.807, 2.05) is 67.6 Å². The number of hydrogen-bond acceptors (Lipinski definition) is 9. The van der Waals surface area contributed by atoms with Crippen molar-refractivity contribution in [2.75, 3.05) is 32.4 Å². The van der Waals surface area contributed by atoms with Crippen LogP contribution in [-0.4, -0.2) is 70.0 Å². The van der Waals surface area contributed by atoms with Gasteiger partial charge in [-0.1, -0.05) is 101 Å². The van der Waals surface area contributed by atoms with Crippen LogP contribution in [0, 0.1) is 5.82 Å². The number of amides is 2. The number of hydrogen-bond donors (Lipinski definition) is 3. The topological polar surface area (TPSA) is 138 Å². The van der Waals surface area contributed by atoms with Crippen molar-refractivity contribution < 1.29 is 32.9 Å². The molecule has 0 spiro atoms. The number of anilines is 1. The Hall–Kier alpha value is -5.10. The van der Waals surface area contributed by atoms with Gasteiger partial charge in [-0.2, -0.15) is 5.10 Å². The van der Waals surface area contributed by atoms with Crippen LogP contribution in [0.4, 0.5) is 15.0 Å². The molecule has 0 aliphatic heterocycles. The highest BCUT2D eigenvalue weighted by Crippen LogP contribution is 2.35. The lowest BCUT2D eigenvalue weighted by atomic mass is 10.00. The molecule has 2 amide bonds. The summed E-state index contributed by atoms with van der Waals surface area (Å²) >= 11 is 0. The second-order valence-corrected chi connectivity index (χ2v) is 28.1. The van der Waals surface area contributed by atoms with E-state index < -0.39 is 28.1 Å². The molecule has 0 atom stereocenters.